The number of nitrogens with zero attached hydrogens (tertiary/aromatic N) is 3. The van der Waals surface area contributed by atoms with Gasteiger partial charge in [0, 0.05) is 19.0 Å². The third kappa shape index (κ3) is 5.27. The summed E-state index contributed by atoms with van der Waals surface area (Å²) < 4.78 is 24.5. The van der Waals surface area contributed by atoms with Gasteiger partial charge in [0.1, 0.15) is 23.1 Å². The molecule has 37 heavy (non-hydrogen) atoms. The first-order valence-corrected chi connectivity index (χ1v) is 13.5. The van der Waals surface area contributed by atoms with Crippen LogP contribution in [0.1, 0.15) is 68.1 Å². The van der Waals surface area contributed by atoms with Crippen molar-refractivity contribution < 1.29 is 13.9 Å². The highest BCUT2D eigenvalue weighted by molar-refractivity contribution is 6.40. The number of benzene rings is 2. The highest BCUT2D eigenvalue weighted by atomic mass is 35.5. The van der Waals surface area contributed by atoms with Crippen LogP contribution in [0.25, 0.3) is 5.69 Å². The zero-order valence-electron chi connectivity index (χ0n) is 20.6. The molecule has 1 N–H and O–H groups in total. The minimum absolute atomic E-state index is 0.0167. The molecule has 2 aliphatic rings. The van der Waals surface area contributed by atoms with E-state index in [2.05, 4.69) is 10.4 Å². The maximum absolute atomic E-state index is 15.5. The van der Waals surface area contributed by atoms with Crippen LogP contribution >= 0.6 is 23.2 Å². The number of para-hydroxylation sites is 1. The second-order valence-electron chi connectivity index (χ2n) is 9.79. The Bertz CT molecular complexity index is 1360. The van der Waals surface area contributed by atoms with Gasteiger partial charge in [0.05, 0.1) is 27.4 Å². The molecule has 196 valence electrons. The summed E-state index contributed by atoms with van der Waals surface area (Å²) in [5.41, 5.74) is -0.244. The summed E-state index contributed by atoms with van der Waals surface area (Å²) >= 11 is 12.5. The minimum atomic E-state index is -0.759. The van der Waals surface area contributed by atoms with E-state index in [9.17, 15) is 9.59 Å². The van der Waals surface area contributed by atoms with Crippen LogP contribution in [-0.2, 0) is 13.0 Å². The fourth-order valence-corrected chi connectivity index (χ4v) is 5.73. The lowest BCUT2D eigenvalue weighted by Crippen LogP contribution is -2.28. The number of carbonyl (C=O) groups is 1. The van der Waals surface area contributed by atoms with E-state index in [0.717, 1.165) is 49.3 Å². The van der Waals surface area contributed by atoms with Crippen molar-refractivity contribution in [3.8, 4) is 11.4 Å². The molecule has 1 fully saturated rings. The summed E-state index contributed by atoms with van der Waals surface area (Å²) in [6.45, 7) is 2.52. The van der Waals surface area contributed by atoms with Crippen LogP contribution in [0, 0.1) is 11.7 Å². The Morgan fingerprint density at radius 3 is 2.57 bits per heavy atom. The maximum atomic E-state index is 15.5. The van der Waals surface area contributed by atoms with Crippen LogP contribution in [0.3, 0.4) is 0 Å². The van der Waals surface area contributed by atoms with Crippen LogP contribution in [0.2, 0.25) is 10.0 Å². The maximum Gasteiger partial charge on any atom is 0.350 e. The third-order valence-corrected chi connectivity index (χ3v) is 7.95. The van der Waals surface area contributed by atoms with Crippen LogP contribution in [0.5, 0.6) is 5.75 Å². The Morgan fingerprint density at radius 2 is 1.86 bits per heavy atom. The van der Waals surface area contributed by atoms with Crippen LogP contribution in [-0.4, -0.2) is 26.4 Å². The second-order valence-corrected chi connectivity index (χ2v) is 10.6. The van der Waals surface area contributed by atoms with Crippen LogP contribution in [0.4, 0.5) is 10.1 Å². The molecule has 1 unspecified atom stereocenters. The molecule has 0 saturated heterocycles. The van der Waals surface area contributed by atoms with Crippen molar-refractivity contribution in [2.75, 3.05) is 5.32 Å². The van der Waals surface area contributed by atoms with Gasteiger partial charge >= 0.3 is 5.69 Å². The second kappa shape index (κ2) is 10.9. The van der Waals surface area contributed by atoms with Crippen molar-refractivity contribution >= 4 is 34.8 Å². The Morgan fingerprint density at radius 1 is 1.14 bits per heavy atom. The Balaban J connectivity index is 1.55. The molecule has 1 aromatic heterocycles. The molecule has 2 aromatic carbocycles. The number of hydrogen-bond acceptors (Lipinski definition) is 4. The molecule has 1 aliphatic carbocycles. The SMILES string of the molecule is CC(Oc1cc(-n2nc3n(c2=O)CCCC3)c(F)cc1C(=O)Nc1c(Cl)cccc1Cl)C1CCCCC1. The number of fused-ring (bicyclic) bond motifs is 1. The van der Waals surface area contributed by atoms with Crippen LogP contribution < -0.4 is 15.7 Å². The molecule has 0 spiro atoms. The van der Waals surface area contributed by atoms with E-state index in [4.69, 9.17) is 27.9 Å². The van der Waals surface area contributed by atoms with E-state index in [0.29, 0.717) is 24.7 Å². The number of amides is 1. The van der Waals surface area contributed by atoms with Crippen molar-refractivity contribution in [3.63, 3.8) is 0 Å². The number of ether oxygens (including phenoxy) is 1. The molecule has 1 atom stereocenters. The molecule has 1 aliphatic heterocycles. The van der Waals surface area contributed by atoms with Gasteiger partial charge < -0.3 is 10.1 Å². The number of hydrogen-bond donors (Lipinski definition) is 1. The molecule has 7 nitrogen and oxygen atoms in total. The van der Waals surface area contributed by atoms with Crippen molar-refractivity contribution in [1.82, 2.24) is 14.3 Å². The molecule has 0 bridgehead atoms. The first kappa shape index (κ1) is 25.8. The van der Waals surface area contributed by atoms with Gasteiger partial charge in [-0.3, -0.25) is 9.36 Å². The number of aryl methyl sites for hydroxylation is 1. The zero-order valence-corrected chi connectivity index (χ0v) is 22.1. The number of anilines is 1. The minimum Gasteiger partial charge on any atom is -0.490 e. The standard InChI is InChI=1S/C27H29Cl2FN4O3/c1-16(17-8-3-2-4-9-17)37-23-15-22(34-27(36)33-13-6-5-12-24(33)32-34)21(30)14-18(23)26(35)31-25-19(28)10-7-11-20(25)29/h7,10-11,14-17H,2-6,8-9,12-13H2,1H3,(H,31,35). The molecule has 2 heterocycles. The summed E-state index contributed by atoms with van der Waals surface area (Å²) in [6, 6.07) is 7.35. The third-order valence-electron chi connectivity index (χ3n) is 7.32. The molecule has 10 heteroatoms. The lowest BCUT2D eigenvalue weighted by molar-refractivity contribution is 0.0997. The highest BCUT2D eigenvalue weighted by Crippen LogP contribution is 2.34. The predicted molar refractivity (Wildman–Crippen MR) is 142 cm³/mol. The Hall–Kier alpha value is -2.84. The number of rotatable bonds is 6. The van der Waals surface area contributed by atoms with Crippen molar-refractivity contribution in [2.24, 2.45) is 5.92 Å². The summed E-state index contributed by atoms with van der Waals surface area (Å²) in [7, 11) is 0. The van der Waals surface area contributed by atoms with E-state index in [1.807, 2.05) is 6.92 Å². The van der Waals surface area contributed by atoms with Crippen molar-refractivity contribution in [3.05, 3.63) is 68.1 Å². The van der Waals surface area contributed by atoms with Gasteiger partial charge in [-0.2, -0.15) is 4.68 Å². The van der Waals surface area contributed by atoms with E-state index in [-0.39, 0.29) is 38.8 Å². The first-order valence-electron chi connectivity index (χ1n) is 12.8. The number of nitrogens with one attached hydrogen (secondary N) is 1. The van der Waals surface area contributed by atoms with Gasteiger partial charge in [-0.05, 0) is 56.7 Å². The number of halogens is 3. The van der Waals surface area contributed by atoms with Crippen LogP contribution in [0.15, 0.2) is 35.1 Å². The molecule has 0 radical (unpaired) electrons. The average Bonchev–Trinajstić information content (AvgIpc) is 3.23. The molecular weight excluding hydrogens is 518 g/mol. The Labute approximate surface area is 224 Å². The van der Waals surface area contributed by atoms with Crippen molar-refractivity contribution in [1.29, 1.82) is 0 Å². The number of aromatic nitrogens is 3. The smallest absolute Gasteiger partial charge is 0.350 e. The van der Waals surface area contributed by atoms with Crippen molar-refractivity contribution in [2.45, 2.75) is 70.9 Å². The fourth-order valence-electron chi connectivity index (χ4n) is 5.23. The van der Waals surface area contributed by atoms with Gasteiger partial charge in [-0.25, -0.2) is 9.18 Å². The van der Waals surface area contributed by atoms with Gasteiger partial charge in [0.25, 0.3) is 5.91 Å². The average molecular weight is 547 g/mol. The lowest BCUT2D eigenvalue weighted by Gasteiger charge is -2.29. The summed E-state index contributed by atoms with van der Waals surface area (Å²) in [5, 5.41) is 7.59. The van der Waals surface area contributed by atoms with Gasteiger partial charge in [-0.1, -0.05) is 48.5 Å². The molecule has 1 saturated carbocycles. The molecular formula is C27H29Cl2FN4O3. The van der Waals surface area contributed by atoms with Gasteiger partial charge in [0.2, 0.25) is 0 Å². The molecule has 3 aromatic rings. The van der Waals surface area contributed by atoms with E-state index < -0.39 is 17.4 Å². The first-order chi connectivity index (χ1) is 17.8. The topological polar surface area (TPSA) is 78.2 Å². The normalized spacial score (nSPS) is 16.8. The predicted octanol–water partition coefficient (Wildman–Crippen LogP) is 6.42. The van der Waals surface area contributed by atoms with Gasteiger partial charge in [-0.15, -0.1) is 5.10 Å². The Kier molecular flexibility index (Phi) is 7.58. The molecule has 5 rings (SSSR count). The zero-order chi connectivity index (χ0) is 26.1. The quantitative estimate of drug-likeness (QED) is 0.387. The van der Waals surface area contributed by atoms with E-state index >= 15 is 4.39 Å². The monoisotopic (exact) mass is 546 g/mol. The summed E-state index contributed by atoms with van der Waals surface area (Å²) in [5.74, 6) is -0.260. The van der Waals surface area contributed by atoms with E-state index in [1.165, 1.54) is 12.5 Å². The highest BCUT2D eigenvalue weighted by Gasteiger charge is 2.27. The lowest BCUT2D eigenvalue weighted by atomic mass is 9.86. The van der Waals surface area contributed by atoms with E-state index in [1.54, 1.807) is 22.8 Å². The van der Waals surface area contributed by atoms with Gasteiger partial charge in [0.15, 0.2) is 0 Å². The fraction of sp³-hybridized carbons (Fsp3) is 0.444. The summed E-state index contributed by atoms with van der Waals surface area (Å²) in [6.07, 6.45) is 7.75. The number of carbonyl (C=O) groups excluding carboxylic acids is 1. The molecule has 1 amide bonds. The largest absolute Gasteiger partial charge is 0.490 e. The summed E-state index contributed by atoms with van der Waals surface area (Å²) in [4.78, 5) is 26.4.